The van der Waals surface area contributed by atoms with Gasteiger partial charge in [-0.25, -0.2) is 0 Å². The lowest BCUT2D eigenvalue weighted by Gasteiger charge is -2.33. The molecule has 6 aromatic rings. The summed E-state index contributed by atoms with van der Waals surface area (Å²) in [5.41, 5.74) is 4.64. The van der Waals surface area contributed by atoms with E-state index in [9.17, 15) is 20.4 Å². The molecular formula is C48H54N4O4. The highest BCUT2D eigenvalue weighted by atomic mass is 16.3. The maximum absolute atomic E-state index is 12.3. The summed E-state index contributed by atoms with van der Waals surface area (Å²) in [6.45, 7) is 2.13. The Labute approximate surface area is 329 Å². The first-order chi connectivity index (χ1) is 27.4. The average molecular weight is 751 g/mol. The van der Waals surface area contributed by atoms with Crippen molar-refractivity contribution in [3.63, 3.8) is 0 Å². The molecule has 0 aromatic heterocycles. The van der Waals surface area contributed by atoms with Crippen LogP contribution < -0.4 is 21.3 Å². The second-order valence-corrected chi connectivity index (χ2v) is 15.7. The van der Waals surface area contributed by atoms with Gasteiger partial charge in [-0.05, 0) is 71.5 Å². The van der Waals surface area contributed by atoms with Crippen molar-refractivity contribution in [3.8, 4) is 34.1 Å². The normalized spacial score (nSPS) is 20.1. The molecule has 2 fully saturated rings. The average Bonchev–Trinajstić information content (AvgIpc) is 3.23. The quantitative estimate of drug-likeness (QED) is 0.0588. The van der Waals surface area contributed by atoms with Crippen molar-refractivity contribution in [2.24, 2.45) is 0 Å². The fourth-order valence-electron chi connectivity index (χ4n) is 9.09. The molecule has 8 rings (SSSR count). The Morgan fingerprint density at radius 1 is 0.393 bits per heavy atom. The first-order valence-electron chi connectivity index (χ1n) is 20.4. The minimum atomic E-state index is 0.178. The topological polar surface area (TPSA) is 129 Å². The van der Waals surface area contributed by atoms with E-state index in [0.717, 1.165) is 95.2 Å². The lowest BCUT2D eigenvalue weighted by atomic mass is 9.87. The molecule has 0 amide bonds. The second kappa shape index (κ2) is 17.3. The van der Waals surface area contributed by atoms with Gasteiger partial charge in [0.2, 0.25) is 0 Å². The first-order valence-corrected chi connectivity index (χ1v) is 20.4. The van der Waals surface area contributed by atoms with Gasteiger partial charge in [-0.3, -0.25) is 0 Å². The van der Waals surface area contributed by atoms with E-state index in [2.05, 4.69) is 45.5 Å². The molecule has 6 aromatic carbocycles. The summed E-state index contributed by atoms with van der Waals surface area (Å²) < 4.78 is 0. The summed E-state index contributed by atoms with van der Waals surface area (Å²) in [6.07, 6.45) is 8.68. The third-order valence-electron chi connectivity index (χ3n) is 12.2. The molecule has 56 heavy (non-hydrogen) atoms. The molecule has 2 saturated carbocycles. The number of benzene rings is 6. The van der Waals surface area contributed by atoms with E-state index < -0.39 is 0 Å². The largest absolute Gasteiger partial charge is 0.508 e. The van der Waals surface area contributed by atoms with Gasteiger partial charge < -0.3 is 41.7 Å². The molecule has 0 spiro atoms. The Morgan fingerprint density at radius 3 is 1.09 bits per heavy atom. The van der Waals surface area contributed by atoms with Gasteiger partial charge in [0.05, 0.1) is 0 Å². The lowest BCUT2D eigenvalue weighted by Crippen LogP contribution is -2.49. The van der Waals surface area contributed by atoms with Crippen molar-refractivity contribution in [2.45, 2.75) is 102 Å². The smallest absolute Gasteiger partial charge is 0.128 e. The van der Waals surface area contributed by atoms with Crippen LogP contribution >= 0.6 is 0 Å². The number of hydrogen-bond donors (Lipinski definition) is 8. The van der Waals surface area contributed by atoms with Gasteiger partial charge in [-0.15, -0.1) is 0 Å². The molecule has 8 heteroatoms. The zero-order valence-electron chi connectivity index (χ0n) is 32.0. The second-order valence-electron chi connectivity index (χ2n) is 15.7. The van der Waals surface area contributed by atoms with Gasteiger partial charge in [-0.2, -0.15) is 0 Å². The van der Waals surface area contributed by atoms with E-state index >= 15 is 0 Å². The van der Waals surface area contributed by atoms with Gasteiger partial charge >= 0.3 is 0 Å². The Morgan fingerprint density at radius 2 is 0.714 bits per heavy atom. The summed E-state index contributed by atoms with van der Waals surface area (Å²) in [6, 6.07) is 36.2. The van der Waals surface area contributed by atoms with E-state index in [0.29, 0.717) is 48.8 Å². The van der Waals surface area contributed by atoms with Gasteiger partial charge in [0, 0.05) is 83.7 Å². The van der Waals surface area contributed by atoms with Crippen LogP contribution in [0.2, 0.25) is 0 Å². The van der Waals surface area contributed by atoms with Gasteiger partial charge in [0.1, 0.15) is 23.0 Å². The third kappa shape index (κ3) is 8.20. The zero-order valence-corrected chi connectivity index (χ0v) is 32.0. The molecule has 4 atom stereocenters. The van der Waals surface area contributed by atoms with E-state index in [1.807, 2.05) is 72.8 Å². The molecule has 2 aliphatic carbocycles. The van der Waals surface area contributed by atoms with E-state index in [1.54, 1.807) is 12.1 Å². The van der Waals surface area contributed by atoms with Crippen molar-refractivity contribution in [1.82, 2.24) is 21.3 Å². The molecule has 0 aliphatic heterocycles. The van der Waals surface area contributed by atoms with Crippen molar-refractivity contribution in [1.29, 1.82) is 0 Å². The summed E-state index contributed by atoms with van der Waals surface area (Å²) in [5.74, 6) is 0.968. The van der Waals surface area contributed by atoms with Crippen molar-refractivity contribution < 1.29 is 20.4 Å². The SMILES string of the molecule is Oc1ccccc1CN[C@H]1CCCC[C@H]1NCc1cc2ccccc2c(-c2c(O)c(CN[C@@H]3CCCC[C@@H]3NCc3ccccc3O)cc3ccccc23)c1O. The highest BCUT2D eigenvalue weighted by Crippen LogP contribution is 2.47. The number of nitrogens with one attached hydrogen (secondary N) is 4. The van der Waals surface area contributed by atoms with Crippen LogP contribution in [0.25, 0.3) is 32.7 Å². The number of aromatic hydroxyl groups is 4. The van der Waals surface area contributed by atoms with Crippen molar-refractivity contribution in [2.75, 3.05) is 0 Å². The maximum atomic E-state index is 12.3. The van der Waals surface area contributed by atoms with E-state index in [1.165, 1.54) is 0 Å². The first kappa shape index (κ1) is 37.8. The molecule has 0 saturated heterocycles. The Balaban J connectivity index is 1.07. The Kier molecular flexibility index (Phi) is 11.7. The summed E-state index contributed by atoms with van der Waals surface area (Å²) in [4.78, 5) is 0. The summed E-state index contributed by atoms with van der Waals surface area (Å²) in [7, 11) is 0. The Bertz CT molecular complexity index is 2130. The van der Waals surface area contributed by atoms with Crippen LogP contribution in [0, 0.1) is 0 Å². The number of rotatable bonds is 13. The zero-order chi connectivity index (χ0) is 38.4. The maximum Gasteiger partial charge on any atom is 0.128 e. The molecule has 0 heterocycles. The van der Waals surface area contributed by atoms with Crippen LogP contribution in [0.4, 0.5) is 0 Å². The standard InChI is InChI=1S/C48H54N4O4/c53-43-23-11-3-15-33(43)27-49-39-19-7-9-21-41(39)51-29-35-25-31-13-1-5-17-37(31)45(47(35)55)46-38-18-6-2-14-32(38)26-36(48(46)56)30-52-42-22-10-8-20-40(42)50-28-34-16-4-12-24-44(34)54/h1-6,11-18,23-26,39-42,49-56H,7-10,19-22,27-30H2/t39-,40-,41+,42+/m0/s1. The highest BCUT2D eigenvalue weighted by molar-refractivity contribution is 6.10. The number of fused-ring (bicyclic) bond motifs is 2. The van der Waals surface area contributed by atoms with E-state index in [-0.39, 0.29) is 35.7 Å². The molecular weight excluding hydrogens is 697 g/mol. The molecule has 0 bridgehead atoms. The number of phenolic OH excluding ortho intramolecular Hbond substituents is 4. The number of hydrogen-bond acceptors (Lipinski definition) is 8. The predicted molar refractivity (Wildman–Crippen MR) is 226 cm³/mol. The van der Waals surface area contributed by atoms with Crippen LogP contribution in [-0.2, 0) is 26.2 Å². The number of phenols is 4. The summed E-state index contributed by atoms with van der Waals surface area (Å²) in [5, 5.41) is 64.1. The Hall–Kier alpha value is -5.12. The molecule has 0 unspecified atom stereocenters. The fraction of sp³-hybridized carbons (Fsp3) is 0.333. The van der Waals surface area contributed by atoms with Crippen LogP contribution in [0.5, 0.6) is 23.0 Å². The number of para-hydroxylation sites is 2. The van der Waals surface area contributed by atoms with Crippen LogP contribution in [0.1, 0.15) is 73.6 Å². The van der Waals surface area contributed by atoms with Gasteiger partial charge in [0.25, 0.3) is 0 Å². The van der Waals surface area contributed by atoms with Crippen LogP contribution in [0.3, 0.4) is 0 Å². The monoisotopic (exact) mass is 750 g/mol. The third-order valence-corrected chi connectivity index (χ3v) is 12.2. The molecule has 0 radical (unpaired) electrons. The minimum Gasteiger partial charge on any atom is -0.508 e. The lowest BCUT2D eigenvalue weighted by molar-refractivity contribution is 0.279. The highest BCUT2D eigenvalue weighted by Gasteiger charge is 2.28. The molecule has 8 N–H and O–H groups in total. The molecule has 8 nitrogen and oxygen atoms in total. The van der Waals surface area contributed by atoms with Gasteiger partial charge in [0.15, 0.2) is 0 Å². The van der Waals surface area contributed by atoms with Gasteiger partial charge in [-0.1, -0.05) is 111 Å². The van der Waals surface area contributed by atoms with Crippen LogP contribution in [-0.4, -0.2) is 44.6 Å². The van der Waals surface area contributed by atoms with Crippen molar-refractivity contribution in [3.05, 3.63) is 131 Å². The van der Waals surface area contributed by atoms with Crippen molar-refractivity contribution >= 4 is 21.5 Å². The summed E-state index contributed by atoms with van der Waals surface area (Å²) >= 11 is 0. The minimum absolute atomic E-state index is 0.178. The molecule has 290 valence electrons. The molecule has 2 aliphatic rings. The van der Waals surface area contributed by atoms with E-state index in [4.69, 9.17) is 0 Å². The van der Waals surface area contributed by atoms with Crippen LogP contribution in [0.15, 0.2) is 109 Å². The fourth-order valence-corrected chi connectivity index (χ4v) is 9.09. The predicted octanol–water partition coefficient (Wildman–Crippen LogP) is 8.86.